The topological polar surface area (TPSA) is 56.1 Å². The van der Waals surface area contributed by atoms with Gasteiger partial charge < -0.3 is 4.74 Å². The lowest BCUT2D eigenvalue weighted by Gasteiger charge is -2.17. The Labute approximate surface area is 102 Å². The average Bonchev–Trinajstić information content (AvgIpc) is 2.68. The van der Waals surface area contributed by atoms with Gasteiger partial charge in [-0.1, -0.05) is 13.8 Å². The molecule has 0 radical (unpaired) electrons. The first-order valence-electron chi connectivity index (χ1n) is 5.82. The van der Waals surface area contributed by atoms with Gasteiger partial charge >= 0.3 is 5.97 Å². The number of ether oxygens (including phenoxy) is 1. The van der Waals surface area contributed by atoms with Gasteiger partial charge in [0.2, 0.25) is 0 Å². The second kappa shape index (κ2) is 6.39. The third kappa shape index (κ3) is 4.56. The Morgan fingerprint density at radius 2 is 2.29 bits per heavy atom. The van der Waals surface area contributed by atoms with Crippen LogP contribution >= 0.6 is 0 Å². The summed E-state index contributed by atoms with van der Waals surface area (Å²) in [5.41, 5.74) is 0.921. The predicted molar refractivity (Wildman–Crippen MR) is 65.3 cm³/mol. The maximum Gasteiger partial charge on any atom is 0.322 e. The highest BCUT2D eigenvalue weighted by atomic mass is 16.5. The van der Waals surface area contributed by atoms with E-state index in [1.54, 1.807) is 4.68 Å². The van der Waals surface area contributed by atoms with Gasteiger partial charge in [-0.3, -0.25) is 14.8 Å². The number of aromatic nitrogens is 2. The quantitative estimate of drug-likeness (QED) is 0.755. The Morgan fingerprint density at radius 1 is 1.59 bits per heavy atom. The summed E-state index contributed by atoms with van der Waals surface area (Å²) in [6.07, 6.45) is 2.64. The highest BCUT2D eigenvalue weighted by Gasteiger charge is 2.19. The van der Waals surface area contributed by atoms with Crippen LogP contribution in [0.3, 0.4) is 0 Å². The Morgan fingerprint density at radius 3 is 2.76 bits per heavy atom. The molecule has 1 heterocycles. The smallest absolute Gasteiger partial charge is 0.322 e. The molecule has 1 atom stereocenters. The number of nitrogens with zero attached hydrogens (tertiary/aromatic N) is 2. The van der Waals surface area contributed by atoms with Gasteiger partial charge in [0.05, 0.1) is 12.8 Å². The molecule has 5 heteroatoms. The number of hydrogen-bond acceptors (Lipinski definition) is 4. The van der Waals surface area contributed by atoms with E-state index in [2.05, 4.69) is 24.3 Å². The minimum atomic E-state index is -0.262. The van der Waals surface area contributed by atoms with Crippen molar-refractivity contribution in [1.29, 1.82) is 0 Å². The number of esters is 1. The summed E-state index contributed by atoms with van der Waals surface area (Å²) < 4.78 is 6.52. The van der Waals surface area contributed by atoms with Crippen molar-refractivity contribution in [1.82, 2.24) is 15.1 Å². The fourth-order valence-corrected chi connectivity index (χ4v) is 1.66. The van der Waals surface area contributed by atoms with Crippen molar-refractivity contribution in [3.8, 4) is 0 Å². The first-order valence-corrected chi connectivity index (χ1v) is 5.82. The minimum absolute atomic E-state index is 0.213. The van der Waals surface area contributed by atoms with Crippen molar-refractivity contribution >= 4 is 5.97 Å². The van der Waals surface area contributed by atoms with Gasteiger partial charge in [-0.15, -0.1) is 0 Å². The SMILES string of the molecule is COC(=O)C(CC(C)C)NCc1ccn(C)n1. The van der Waals surface area contributed by atoms with E-state index >= 15 is 0 Å². The van der Waals surface area contributed by atoms with E-state index in [9.17, 15) is 4.79 Å². The molecule has 5 nitrogen and oxygen atoms in total. The molecule has 0 aliphatic heterocycles. The molecule has 1 aromatic heterocycles. The number of carbonyl (C=O) groups is 1. The molecule has 1 N–H and O–H groups in total. The van der Waals surface area contributed by atoms with Crippen LogP contribution in [0.2, 0.25) is 0 Å². The molecule has 0 saturated carbocycles. The molecular formula is C12H21N3O2. The number of rotatable bonds is 6. The number of methoxy groups -OCH3 is 1. The van der Waals surface area contributed by atoms with Crippen LogP contribution in [0.5, 0.6) is 0 Å². The molecule has 0 amide bonds. The highest BCUT2D eigenvalue weighted by molar-refractivity contribution is 5.75. The molecule has 0 aliphatic carbocycles. The summed E-state index contributed by atoms with van der Waals surface area (Å²) in [5.74, 6) is 0.227. The van der Waals surface area contributed by atoms with Crippen molar-refractivity contribution in [3.05, 3.63) is 18.0 Å². The van der Waals surface area contributed by atoms with Crippen LogP contribution in [0.1, 0.15) is 26.0 Å². The van der Waals surface area contributed by atoms with Crippen LogP contribution in [0, 0.1) is 5.92 Å². The Bertz CT molecular complexity index is 360. The molecule has 0 saturated heterocycles. The molecule has 0 aliphatic rings. The second-order valence-corrected chi connectivity index (χ2v) is 4.57. The zero-order valence-corrected chi connectivity index (χ0v) is 10.9. The molecular weight excluding hydrogens is 218 g/mol. The van der Waals surface area contributed by atoms with E-state index in [4.69, 9.17) is 4.74 Å². The van der Waals surface area contributed by atoms with Gasteiger partial charge in [-0.2, -0.15) is 5.10 Å². The Kier molecular flexibility index (Phi) is 5.15. The Balaban J connectivity index is 2.51. The van der Waals surface area contributed by atoms with Crippen molar-refractivity contribution in [3.63, 3.8) is 0 Å². The average molecular weight is 239 g/mol. The lowest BCUT2D eigenvalue weighted by atomic mass is 10.0. The summed E-state index contributed by atoms with van der Waals surface area (Å²) in [7, 11) is 3.29. The van der Waals surface area contributed by atoms with Crippen molar-refractivity contribution < 1.29 is 9.53 Å². The van der Waals surface area contributed by atoms with E-state index < -0.39 is 0 Å². The van der Waals surface area contributed by atoms with Crippen molar-refractivity contribution in [2.75, 3.05) is 7.11 Å². The zero-order chi connectivity index (χ0) is 12.8. The van der Waals surface area contributed by atoms with E-state index in [-0.39, 0.29) is 12.0 Å². The normalized spacial score (nSPS) is 12.8. The third-order valence-electron chi connectivity index (χ3n) is 2.49. The summed E-state index contributed by atoms with van der Waals surface area (Å²) in [4.78, 5) is 11.6. The first-order chi connectivity index (χ1) is 8.02. The monoisotopic (exact) mass is 239 g/mol. The van der Waals surface area contributed by atoms with Gasteiger partial charge in [-0.05, 0) is 18.4 Å². The zero-order valence-electron chi connectivity index (χ0n) is 10.9. The van der Waals surface area contributed by atoms with Gasteiger partial charge in [0.25, 0.3) is 0 Å². The van der Waals surface area contributed by atoms with Crippen LogP contribution in [0.15, 0.2) is 12.3 Å². The molecule has 1 rings (SSSR count). The van der Waals surface area contributed by atoms with E-state index in [1.807, 2.05) is 19.3 Å². The fourth-order valence-electron chi connectivity index (χ4n) is 1.66. The largest absolute Gasteiger partial charge is 0.468 e. The van der Waals surface area contributed by atoms with Gasteiger partial charge in [0.1, 0.15) is 6.04 Å². The molecule has 1 unspecified atom stereocenters. The Hall–Kier alpha value is -1.36. The van der Waals surface area contributed by atoms with Crippen LogP contribution in [0.4, 0.5) is 0 Å². The van der Waals surface area contributed by atoms with Gasteiger partial charge in [-0.25, -0.2) is 0 Å². The molecule has 17 heavy (non-hydrogen) atoms. The standard InChI is InChI=1S/C12H21N3O2/c1-9(2)7-11(12(16)17-4)13-8-10-5-6-15(3)14-10/h5-6,9,11,13H,7-8H2,1-4H3. The number of carbonyl (C=O) groups excluding carboxylic acids is 1. The maximum atomic E-state index is 11.6. The molecule has 0 bridgehead atoms. The molecule has 0 aromatic carbocycles. The van der Waals surface area contributed by atoms with Crippen molar-refractivity contribution in [2.24, 2.45) is 13.0 Å². The van der Waals surface area contributed by atoms with E-state index in [0.29, 0.717) is 12.5 Å². The number of nitrogens with one attached hydrogen (secondary N) is 1. The second-order valence-electron chi connectivity index (χ2n) is 4.57. The number of aryl methyl sites for hydroxylation is 1. The molecule has 0 spiro atoms. The lowest BCUT2D eigenvalue weighted by Crippen LogP contribution is -2.38. The van der Waals surface area contributed by atoms with Crippen molar-refractivity contribution in [2.45, 2.75) is 32.9 Å². The summed E-state index contributed by atoms with van der Waals surface area (Å²) >= 11 is 0. The van der Waals surface area contributed by atoms with Crippen LogP contribution in [-0.4, -0.2) is 28.9 Å². The molecule has 0 fully saturated rings. The van der Waals surface area contributed by atoms with E-state index in [1.165, 1.54) is 7.11 Å². The highest BCUT2D eigenvalue weighted by Crippen LogP contribution is 2.07. The summed E-state index contributed by atoms with van der Waals surface area (Å²) in [6.45, 7) is 4.74. The molecule has 1 aromatic rings. The van der Waals surface area contributed by atoms with Gasteiger partial charge in [0, 0.05) is 19.8 Å². The third-order valence-corrected chi connectivity index (χ3v) is 2.49. The van der Waals surface area contributed by atoms with Gasteiger partial charge in [0.15, 0.2) is 0 Å². The fraction of sp³-hybridized carbons (Fsp3) is 0.667. The maximum absolute atomic E-state index is 11.6. The number of hydrogen-bond donors (Lipinski definition) is 1. The first kappa shape index (κ1) is 13.7. The lowest BCUT2D eigenvalue weighted by molar-refractivity contribution is -0.143. The van der Waals surface area contributed by atoms with E-state index in [0.717, 1.165) is 12.1 Å². The predicted octanol–water partition coefficient (Wildman–Crippen LogP) is 1.10. The minimum Gasteiger partial charge on any atom is -0.468 e. The summed E-state index contributed by atoms with van der Waals surface area (Å²) in [5, 5.41) is 7.43. The molecule has 96 valence electrons. The van der Waals surface area contributed by atoms with Crippen LogP contribution in [0.25, 0.3) is 0 Å². The van der Waals surface area contributed by atoms with Crippen LogP contribution < -0.4 is 5.32 Å². The van der Waals surface area contributed by atoms with Crippen LogP contribution in [-0.2, 0) is 23.1 Å². The summed E-state index contributed by atoms with van der Waals surface area (Å²) in [6, 6.07) is 1.67.